The maximum Gasteiger partial charge on any atom is 0.259 e. The summed E-state index contributed by atoms with van der Waals surface area (Å²) in [6, 6.07) is 23.7. The number of para-hydroxylation sites is 1. The fourth-order valence-electron chi connectivity index (χ4n) is 2.31. The van der Waals surface area contributed by atoms with Gasteiger partial charge in [-0.3, -0.25) is 4.79 Å². The number of fused-ring (bicyclic) bond motifs is 1. The molecule has 1 amide bonds. The summed E-state index contributed by atoms with van der Waals surface area (Å²) < 4.78 is 0. The Labute approximate surface area is 134 Å². The van der Waals surface area contributed by atoms with Crippen molar-refractivity contribution in [2.75, 3.05) is 11.9 Å². The summed E-state index contributed by atoms with van der Waals surface area (Å²) >= 11 is 0. The molecule has 3 aromatic carbocycles. The normalized spacial score (nSPS) is 10.8. The SMILES string of the molecule is O=C(CNc1ccccc1)N/N=C\c1cccc2ccccc12. The smallest absolute Gasteiger partial charge is 0.259 e. The standard InChI is InChI=1S/C19H17N3O/c23-19(14-20-17-10-2-1-3-11-17)22-21-13-16-9-6-8-15-7-4-5-12-18(15)16/h1-13,20H,14H2,(H,22,23)/b21-13-. The van der Waals surface area contributed by atoms with Crippen LogP contribution in [0.3, 0.4) is 0 Å². The largest absolute Gasteiger partial charge is 0.376 e. The molecule has 0 saturated heterocycles. The van der Waals surface area contributed by atoms with Gasteiger partial charge in [-0.25, -0.2) is 5.43 Å². The molecule has 4 heteroatoms. The Kier molecular flexibility index (Phi) is 4.64. The molecule has 0 aliphatic heterocycles. The third-order valence-corrected chi connectivity index (χ3v) is 3.44. The number of carbonyl (C=O) groups excluding carboxylic acids is 1. The molecule has 0 heterocycles. The maximum absolute atomic E-state index is 11.8. The van der Waals surface area contributed by atoms with E-state index in [2.05, 4.69) is 28.0 Å². The zero-order valence-corrected chi connectivity index (χ0v) is 12.6. The van der Waals surface area contributed by atoms with Crippen LogP contribution in [0.15, 0.2) is 77.9 Å². The summed E-state index contributed by atoms with van der Waals surface area (Å²) in [5, 5.41) is 9.33. The highest BCUT2D eigenvalue weighted by Gasteiger charge is 2.00. The van der Waals surface area contributed by atoms with Crippen molar-refractivity contribution >= 4 is 28.6 Å². The first-order valence-electron chi connectivity index (χ1n) is 7.41. The van der Waals surface area contributed by atoms with Crippen LogP contribution >= 0.6 is 0 Å². The molecule has 0 saturated carbocycles. The molecule has 23 heavy (non-hydrogen) atoms. The summed E-state index contributed by atoms with van der Waals surface area (Å²) in [5.41, 5.74) is 4.41. The van der Waals surface area contributed by atoms with Crippen LogP contribution in [0.2, 0.25) is 0 Å². The fourth-order valence-corrected chi connectivity index (χ4v) is 2.31. The molecular formula is C19H17N3O. The predicted molar refractivity (Wildman–Crippen MR) is 94.6 cm³/mol. The molecule has 0 atom stereocenters. The number of rotatable bonds is 5. The first-order valence-corrected chi connectivity index (χ1v) is 7.41. The van der Waals surface area contributed by atoms with Crippen LogP contribution in [0.1, 0.15) is 5.56 Å². The second-order valence-electron chi connectivity index (χ2n) is 5.08. The number of benzene rings is 3. The van der Waals surface area contributed by atoms with Crippen molar-refractivity contribution in [1.82, 2.24) is 5.43 Å². The molecule has 0 bridgehead atoms. The monoisotopic (exact) mass is 303 g/mol. The first kappa shape index (κ1) is 14.8. The predicted octanol–water partition coefficient (Wildman–Crippen LogP) is 3.40. The van der Waals surface area contributed by atoms with Gasteiger partial charge in [-0.2, -0.15) is 5.10 Å². The molecule has 0 spiro atoms. The van der Waals surface area contributed by atoms with Crippen LogP contribution < -0.4 is 10.7 Å². The molecular weight excluding hydrogens is 286 g/mol. The van der Waals surface area contributed by atoms with E-state index in [0.717, 1.165) is 22.0 Å². The number of nitrogens with one attached hydrogen (secondary N) is 2. The van der Waals surface area contributed by atoms with Gasteiger partial charge >= 0.3 is 0 Å². The van der Waals surface area contributed by atoms with Gasteiger partial charge in [0, 0.05) is 11.3 Å². The van der Waals surface area contributed by atoms with Gasteiger partial charge in [-0.15, -0.1) is 0 Å². The van der Waals surface area contributed by atoms with E-state index >= 15 is 0 Å². The van der Waals surface area contributed by atoms with E-state index in [0.29, 0.717) is 0 Å². The summed E-state index contributed by atoms with van der Waals surface area (Å²) in [4.78, 5) is 11.8. The van der Waals surface area contributed by atoms with Crippen LogP contribution in [0.5, 0.6) is 0 Å². The van der Waals surface area contributed by atoms with Gasteiger partial charge in [0.1, 0.15) is 0 Å². The Morgan fingerprint density at radius 2 is 1.65 bits per heavy atom. The van der Waals surface area contributed by atoms with E-state index in [1.165, 1.54) is 0 Å². The third-order valence-electron chi connectivity index (χ3n) is 3.44. The number of hydrogen-bond acceptors (Lipinski definition) is 3. The molecule has 3 rings (SSSR count). The van der Waals surface area contributed by atoms with Crippen molar-refractivity contribution in [3.8, 4) is 0 Å². The molecule has 0 unspecified atom stereocenters. The highest BCUT2D eigenvalue weighted by Crippen LogP contribution is 2.16. The second kappa shape index (κ2) is 7.22. The molecule has 0 radical (unpaired) electrons. The Morgan fingerprint density at radius 1 is 0.913 bits per heavy atom. The Balaban J connectivity index is 1.59. The summed E-state index contributed by atoms with van der Waals surface area (Å²) in [5.74, 6) is -0.190. The second-order valence-corrected chi connectivity index (χ2v) is 5.08. The molecule has 114 valence electrons. The summed E-state index contributed by atoms with van der Waals surface area (Å²) in [6.07, 6.45) is 1.67. The van der Waals surface area contributed by atoms with E-state index < -0.39 is 0 Å². The van der Waals surface area contributed by atoms with Gasteiger partial charge in [0.05, 0.1) is 12.8 Å². The molecule has 2 N–H and O–H groups in total. The van der Waals surface area contributed by atoms with Gasteiger partial charge in [-0.05, 0) is 22.9 Å². The van der Waals surface area contributed by atoms with E-state index in [1.54, 1.807) is 6.21 Å². The van der Waals surface area contributed by atoms with E-state index in [4.69, 9.17) is 0 Å². The van der Waals surface area contributed by atoms with Crippen LogP contribution in [0, 0.1) is 0 Å². The summed E-state index contributed by atoms with van der Waals surface area (Å²) in [6.45, 7) is 0.177. The first-order chi connectivity index (χ1) is 11.3. The van der Waals surface area contributed by atoms with E-state index in [9.17, 15) is 4.79 Å². The average Bonchev–Trinajstić information content (AvgIpc) is 2.61. The van der Waals surface area contributed by atoms with Gasteiger partial charge < -0.3 is 5.32 Å². The molecule has 0 aromatic heterocycles. The van der Waals surface area contributed by atoms with Gasteiger partial charge in [0.25, 0.3) is 5.91 Å². The zero-order chi connectivity index (χ0) is 15.9. The van der Waals surface area contributed by atoms with Gasteiger partial charge in [0.15, 0.2) is 0 Å². The molecule has 0 aliphatic carbocycles. The third kappa shape index (κ3) is 3.95. The van der Waals surface area contributed by atoms with Crippen molar-refractivity contribution < 1.29 is 4.79 Å². The number of carbonyl (C=O) groups is 1. The highest BCUT2D eigenvalue weighted by molar-refractivity contribution is 6.00. The number of hydrogen-bond donors (Lipinski definition) is 2. The quantitative estimate of drug-likeness (QED) is 0.560. The lowest BCUT2D eigenvalue weighted by Crippen LogP contribution is -2.25. The lowest BCUT2D eigenvalue weighted by Gasteiger charge is -2.05. The number of amides is 1. The fraction of sp³-hybridized carbons (Fsp3) is 0.0526. The minimum absolute atomic E-state index is 0.177. The zero-order valence-electron chi connectivity index (χ0n) is 12.6. The number of nitrogens with zero attached hydrogens (tertiary/aromatic N) is 1. The lowest BCUT2D eigenvalue weighted by atomic mass is 10.1. The van der Waals surface area contributed by atoms with E-state index in [1.807, 2.05) is 60.7 Å². The molecule has 4 nitrogen and oxygen atoms in total. The topological polar surface area (TPSA) is 53.5 Å². The molecule has 0 fully saturated rings. The van der Waals surface area contributed by atoms with E-state index in [-0.39, 0.29) is 12.5 Å². The Hall–Kier alpha value is -3.14. The maximum atomic E-state index is 11.8. The van der Waals surface area contributed by atoms with Crippen LogP contribution in [0.4, 0.5) is 5.69 Å². The van der Waals surface area contributed by atoms with Crippen molar-refractivity contribution in [1.29, 1.82) is 0 Å². The van der Waals surface area contributed by atoms with Gasteiger partial charge in [0.2, 0.25) is 0 Å². The van der Waals surface area contributed by atoms with Crippen LogP contribution in [-0.2, 0) is 4.79 Å². The number of hydrazone groups is 1. The molecule has 0 aliphatic rings. The Bertz CT molecular complexity index is 823. The van der Waals surface area contributed by atoms with Crippen molar-refractivity contribution in [2.45, 2.75) is 0 Å². The van der Waals surface area contributed by atoms with Crippen LogP contribution in [-0.4, -0.2) is 18.7 Å². The Morgan fingerprint density at radius 3 is 2.52 bits per heavy atom. The average molecular weight is 303 g/mol. The van der Waals surface area contributed by atoms with Crippen molar-refractivity contribution in [2.24, 2.45) is 5.10 Å². The van der Waals surface area contributed by atoms with Gasteiger partial charge in [-0.1, -0.05) is 60.7 Å². The number of anilines is 1. The lowest BCUT2D eigenvalue weighted by molar-refractivity contribution is -0.119. The minimum Gasteiger partial charge on any atom is -0.376 e. The summed E-state index contributed by atoms with van der Waals surface area (Å²) in [7, 11) is 0. The minimum atomic E-state index is -0.190. The molecule has 3 aromatic rings. The van der Waals surface area contributed by atoms with Crippen LogP contribution in [0.25, 0.3) is 10.8 Å². The highest BCUT2D eigenvalue weighted by atomic mass is 16.2. The van der Waals surface area contributed by atoms with Crippen molar-refractivity contribution in [3.63, 3.8) is 0 Å². The van der Waals surface area contributed by atoms with Crippen molar-refractivity contribution in [3.05, 3.63) is 78.4 Å².